The van der Waals surface area contributed by atoms with Crippen molar-refractivity contribution < 1.29 is 0 Å². The number of aromatic nitrogens is 4. The molecule has 3 heterocycles. The van der Waals surface area contributed by atoms with Crippen LogP contribution in [0, 0.1) is 10.5 Å². The average Bonchev–Trinajstić information content (AvgIpc) is 3.12. The number of nitrogens with zero attached hydrogens (tertiary/aromatic N) is 4. The zero-order chi connectivity index (χ0) is 15.8. The second-order valence-corrected chi connectivity index (χ2v) is 7.11. The minimum absolute atomic E-state index is 0.695. The SMILES string of the molecule is Cc1nc2ncccn2c1-c1csc(Nc2ccc(I)cc2)n1. The van der Waals surface area contributed by atoms with Crippen LogP contribution in [0.2, 0.25) is 0 Å². The van der Waals surface area contributed by atoms with Gasteiger partial charge in [-0.3, -0.25) is 4.40 Å². The number of hydrogen-bond acceptors (Lipinski definition) is 5. The lowest BCUT2D eigenvalue weighted by Crippen LogP contribution is -1.92. The van der Waals surface area contributed by atoms with E-state index in [4.69, 9.17) is 4.98 Å². The highest BCUT2D eigenvalue weighted by Crippen LogP contribution is 2.29. The van der Waals surface area contributed by atoms with Crippen LogP contribution in [0.1, 0.15) is 5.69 Å². The molecule has 114 valence electrons. The lowest BCUT2D eigenvalue weighted by atomic mass is 10.3. The molecule has 0 aliphatic rings. The van der Waals surface area contributed by atoms with Crippen molar-refractivity contribution in [1.29, 1.82) is 0 Å². The second-order valence-electron chi connectivity index (χ2n) is 5.01. The number of imidazole rings is 1. The predicted octanol–water partition coefficient (Wildman–Crippen LogP) is 4.51. The maximum Gasteiger partial charge on any atom is 0.234 e. The zero-order valence-corrected chi connectivity index (χ0v) is 15.2. The second kappa shape index (κ2) is 5.89. The van der Waals surface area contributed by atoms with Gasteiger partial charge in [0.25, 0.3) is 0 Å². The third kappa shape index (κ3) is 2.81. The molecule has 0 aliphatic carbocycles. The van der Waals surface area contributed by atoms with Crippen LogP contribution >= 0.6 is 33.9 Å². The van der Waals surface area contributed by atoms with Crippen LogP contribution in [0.3, 0.4) is 0 Å². The number of anilines is 2. The molecule has 0 amide bonds. The molecule has 4 rings (SSSR count). The van der Waals surface area contributed by atoms with Gasteiger partial charge in [-0.15, -0.1) is 11.3 Å². The molecule has 0 unspecified atom stereocenters. The Kier molecular flexibility index (Phi) is 3.74. The molecule has 0 atom stereocenters. The number of aryl methyl sites for hydroxylation is 1. The Bertz CT molecular complexity index is 974. The van der Waals surface area contributed by atoms with Gasteiger partial charge in [-0.25, -0.2) is 15.0 Å². The first kappa shape index (κ1) is 14.6. The zero-order valence-electron chi connectivity index (χ0n) is 12.2. The van der Waals surface area contributed by atoms with Crippen LogP contribution < -0.4 is 5.32 Å². The summed E-state index contributed by atoms with van der Waals surface area (Å²) in [6.07, 6.45) is 3.71. The summed E-state index contributed by atoms with van der Waals surface area (Å²) in [6, 6.07) is 10.1. The van der Waals surface area contributed by atoms with E-state index in [-0.39, 0.29) is 0 Å². The van der Waals surface area contributed by atoms with Gasteiger partial charge in [-0.1, -0.05) is 0 Å². The molecule has 5 nitrogen and oxygen atoms in total. The Morgan fingerprint density at radius 3 is 2.83 bits per heavy atom. The van der Waals surface area contributed by atoms with Crippen molar-refractivity contribution in [3.05, 3.63) is 57.4 Å². The van der Waals surface area contributed by atoms with Gasteiger partial charge in [-0.2, -0.15) is 0 Å². The number of halogens is 1. The summed E-state index contributed by atoms with van der Waals surface area (Å²) in [5, 5.41) is 6.24. The topological polar surface area (TPSA) is 55.1 Å². The van der Waals surface area contributed by atoms with Crippen LogP contribution in [-0.2, 0) is 0 Å². The summed E-state index contributed by atoms with van der Waals surface area (Å²) in [4.78, 5) is 13.5. The molecule has 1 aromatic carbocycles. The highest BCUT2D eigenvalue weighted by atomic mass is 127. The molecule has 0 spiro atoms. The van der Waals surface area contributed by atoms with Crippen molar-refractivity contribution in [2.75, 3.05) is 5.32 Å². The fraction of sp³-hybridized carbons (Fsp3) is 0.0625. The van der Waals surface area contributed by atoms with E-state index < -0.39 is 0 Å². The Labute approximate surface area is 150 Å². The number of nitrogens with one attached hydrogen (secondary N) is 1. The van der Waals surface area contributed by atoms with Gasteiger partial charge in [0.2, 0.25) is 5.78 Å². The molecule has 0 saturated heterocycles. The normalized spacial score (nSPS) is 11.0. The van der Waals surface area contributed by atoms with Crippen molar-refractivity contribution in [2.24, 2.45) is 0 Å². The minimum atomic E-state index is 0.695. The van der Waals surface area contributed by atoms with E-state index in [1.165, 1.54) is 3.57 Å². The molecule has 0 aliphatic heterocycles. The standard InChI is InChI=1S/C16H12IN5S/c1-10-14(22-8-2-7-18-15(22)19-10)13-9-23-16(21-13)20-12-5-3-11(17)4-6-12/h2-9H,1H3,(H,20,21). The van der Waals surface area contributed by atoms with E-state index in [2.05, 4.69) is 50.0 Å². The summed E-state index contributed by atoms with van der Waals surface area (Å²) in [5.41, 5.74) is 3.85. The van der Waals surface area contributed by atoms with Crippen LogP contribution in [0.5, 0.6) is 0 Å². The minimum Gasteiger partial charge on any atom is -0.332 e. The summed E-state index contributed by atoms with van der Waals surface area (Å²) in [7, 11) is 0. The molecule has 0 saturated carbocycles. The fourth-order valence-corrected chi connectivity index (χ4v) is 3.48. The number of benzene rings is 1. The largest absolute Gasteiger partial charge is 0.332 e. The van der Waals surface area contributed by atoms with Gasteiger partial charge in [0.1, 0.15) is 5.69 Å². The smallest absolute Gasteiger partial charge is 0.234 e. The first-order chi connectivity index (χ1) is 11.2. The van der Waals surface area contributed by atoms with Gasteiger partial charge in [0.05, 0.1) is 11.4 Å². The number of fused-ring (bicyclic) bond motifs is 1. The molecule has 4 aromatic rings. The van der Waals surface area contributed by atoms with Gasteiger partial charge in [0, 0.05) is 27.0 Å². The van der Waals surface area contributed by atoms with Crippen LogP contribution in [0.25, 0.3) is 17.2 Å². The maximum atomic E-state index is 4.70. The first-order valence-corrected chi connectivity index (χ1v) is 8.95. The number of hydrogen-bond donors (Lipinski definition) is 1. The third-order valence-corrected chi connectivity index (χ3v) is 4.90. The van der Waals surface area contributed by atoms with Crippen LogP contribution in [0.15, 0.2) is 48.1 Å². The van der Waals surface area contributed by atoms with Gasteiger partial charge < -0.3 is 5.32 Å². The van der Waals surface area contributed by atoms with Crippen molar-refractivity contribution in [2.45, 2.75) is 6.92 Å². The summed E-state index contributed by atoms with van der Waals surface area (Å²) in [6.45, 7) is 1.98. The van der Waals surface area contributed by atoms with E-state index in [0.29, 0.717) is 5.78 Å². The first-order valence-electron chi connectivity index (χ1n) is 6.99. The van der Waals surface area contributed by atoms with Crippen molar-refractivity contribution in [3.63, 3.8) is 0 Å². The Hall–Kier alpha value is -2.00. The summed E-state index contributed by atoms with van der Waals surface area (Å²) >= 11 is 3.87. The molecule has 0 radical (unpaired) electrons. The van der Waals surface area contributed by atoms with E-state index in [0.717, 1.165) is 27.9 Å². The monoisotopic (exact) mass is 433 g/mol. The Morgan fingerprint density at radius 1 is 1.17 bits per heavy atom. The van der Waals surface area contributed by atoms with Crippen LogP contribution in [0.4, 0.5) is 10.8 Å². The van der Waals surface area contributed by atoms with Crippen molar-refractivity contribution >= 4 is 50.5 Å². The molecule has 7 heteroatoms. The molecule has 0 fully saturated rings. The molecule has 3 aromatic heterocycles. The van der Waals surface area contributed by atoms with Crippen molar-refractivity contribution in [1.82, 2.24) is 19.4 Å². The molecular formula is C16H12IN5S. The summed E-state index contributed by atoms with van der Waals surface area (Å²) < 4.78 is 3.18. The number of thiazole rings is 1. The lowest BCUT2D eigenvalue weighted by Gasteiger charge is -2.02. The van der Waals surface area contributed by atoms with Gasteiger partial charge in [0.15, 0.2) is 5.13 Å². The quantitative estimate of drug-likeness (QED) is 0.483. The summed E-state index contributed by atoms with van der Waals surface area (Å²) in [5.74, 6) is 0.695. The van der Waals surface area contributed by atoms with Crippen molar-refractivity contribution in [3.8, 4) is 11.4 Å². The molecular weight excluding hydrogens is 421 g/mol. The number of rotatable bonds is 3. The van der Waals surface area contributed by atoms with Gasteiger partial charge in [-0.05, 0) is 59.8 Å². The van der Waals surface area contributed by atoms with E-state index in [1.54, 1.807) is 17.5 Å². The van der Waals surface area contributed by atoms with Crippen LogP contribution in [-0.4, -0.2) is 19.4 Å². The fourth-order valence-electron chi connectivity index (χ4n) is 2.40. The molecule has 23 heavy (non-hydrogen) atoms. The molecule has 1 N–H and O–H groups in total. The predicted molar refractivity (Wildman–Crippen MR) is 101 cm³/mol. The molecule has 0 bridgehead atoms. The van der Waals surface area contributed by atoms with E-state index in [9.17, 15) is 0 Å². The highest BCUT2D eigenvalue weighted by molar-refractivity contribution is 14.1. The Morgan fingerprint density at radius 2 is 2.00 bits per heavy atom. The van der Waals surface area contributed by atoms with Gasteiger partial charge >= 0.3 is 0 Å². The van der Waals surface area contributed by atoms with E-state index in [1.807, 2.05) is 41.1 Å². The van der Waals surface area contributed by atoms with E-state index >= 15 is 0 Å². The third-order valence-electron chi connectivity index (χ3n) is 3.42. The Balaban J connectivity index is 1.69. The lowest BCUT2D eigenvalue weighted by molar-refractivity contribution is 1.11. The highest BCUT2D eigenvalue weighted by Gasteiger charge is 2.14. The maximum absolute atomic E-state index is 4.70. The average molecular weight is 433 g/mol.